The number of fused-ring (bicyclic) bond motifs is 12. The van der Waals surface area contributed by atoms with Crippen molar-refractivity contribution in [2.45, 2.75) is 0 Å². The van der Waals surface area contributed by atoms with Crippen LogP contribution < -0.4 is 0 Å². The van der Waals surface area contributed by atoms with Gasteiger partial charge in [-0.15, -0.1) is 0 Å². The molecule has 0 N–H and O–H groups in total. The van der Waals surface area contributed by atoms with E-state index in [9.17, 15) is 0 Å². The van der Waals surface area contributed by atoms with Gasteiger partial charge in [0, 0.05) is 43.9 Å². The van der Waals surface area contributed by atoms with Gasteiger partial charge in [0.2, 0.25) is 0 Å². The minimum Gasteiger partial charge on any atom is -0.456 e. The van der Waals surface area contributed by atoms with Crippen molar-refractivity contribution >= 4 is 86.8 Å². The fourth-order valence-corrected chi connectivity index (χ4v) is 10.1. The third-order valence-electron chi connectivity index (χ3n) is 13.4. The second-order valence-corrected chi connectivity index (χ2v) is 17.2. The highest BCUT2D eigenvalue weighted by Crippen LogP contribution is 2.40. The highest BCUT2D eigenvalue weighted by Gasteiger charge is 2.19. The molecule has 0 saturated carbocycles. The van der Waals surface area contributed by atoms with Crippen LogP contribution in [-0.4, -0.2) is 19.5 Å². The van der Waals surface area contributed by atoms with Crippen LogP contribution in [0, 0.1) is 0 Å². The summed E-state index contributed by atoms with van der Waals surface area (Å²) in [6, 6.07) is 77.6. The Morgan fingerprint density at radius 1 is 0.288 bits per heavy atom. The number of hydrogen-bond donors (Lipinski definition) is 0. The van der Waals surface area contributed by atoms with Gasteiger partial charge in [-0.05, 0) is 109 Å². The Labute approximate surface area is 378 Å². The Balaban J connectivity index is 0.928. The molecule has 0 radical (unpaired) electrons. The van der Waals surface area contributed by atoms with Crippen molar-refractivity contribution in [2.24, 2.45) is 0 Å². The van der Waals surface area contributed by atoms with Crippen LogP contribution in [0.3, 0.4) is 0 Å². The van der Waals surface area contributed by atoms with E-state index < -0.39 is 0 Å². The number of hydrogen-bond acceptors (Lipinski definition) is 4. The van der Waals surface area contributed by atoms with E-state index in [-0.39, 0.29) is 0 Å². The van der Waals surface area contributed by atoms with E-state index in [4.69, 9.17) is 19.4 Å². The molecule has 0 bridgehead atoms. The van der Waals surface area contributed by atoms with Crippen LogP contribution in [0.2, 0.25) is 0 Å². The summed E-state index contributed by atoms with van der Waals surface area (Å²) in [6.07, 6.45) is 0. The molecule has 66 heavy (non-hydrogen) atoms. The molecule has 0 saturated heterocycles. The van der Waals surface area contributed by atoms with Gasteiger partial charge in [-0.3, -0.25) is 0 Å². The van der Waals surface area contributed by atoms with Crippen LogP contribution in [0.15, 0.2) is 223 Å². The molecule has 0 spiro atoms. The summed E-state index contributed by atoms with van der Waals surface area (Å²) in [5.41, 5.74) is 10.0. The first-order chi connectivity index (χ1) is 32.7. The quantitative estimate of drug-likeness (QED) is 0.162. The van der Waals surface area contributed by atoms with E-state index in [1.807, 2.05) is 6.07 Å². The highest BCUT2D eigenvalue weighted by molar-refractivity contribution is 6.20. The number of benzene rings is 11. The van der Waals surface area contributed by atoms with E-state index in [1.54, 1.807) is 0 Å². The van der Waals surface area contributed by atoms with Gasteiger partial charge in [-0.25, -0.2) is 15.0 Å². The molecule has 0 aliphatic carbocycles. The van der Waals surface area contributed by atoms with E-state index in [0.29, 0.717) is 17.5 Å². The summed E-state index contributed by atoms with van der Waals surface area (Å²) in [5.74, 6) is 1.79. The zero-order chi connectivity index (χ0) is 43.3. The molecule has 14 rings (SSSR count). The number of rotatable bonds is 5. The third kappa shape index (κ3) is 5.77. The molecule has 0 aliphatic rings. The van der Waals surface area contributed by atoms with Gasteiger partial charge in [-0.2, -0.15) is 0 Å². The first-order valence-corrected chi connectivity index (χ1v) is 22.3. The van der Waals surface area contributed by atoms with Crippen molar-refractivity contribution in [1.82, 2.24) is 19.5 Å². The van der Waals surface area contributed by atoms with E-state index >= 15 is 0 Å². The molecular weight excluding hydrogens is 805 g/mol. The van der Waals surface area contributed by atoms with Crippen LogP contribution in [0.1, 0.15) is 0 Å². The lowest BCUT2D eigenvalue weighted by Crippen LogP contribution is -2.00. The molecule has 5 nitrogen and oxygen atoms in total. The summed E-state index contributed by atoms with van der Waals surface area (Å²) in [6.45, 7) is 0. The predicted octanol–water partition coefficient (Wildman–Crippen LogP) is 16.1. The summed E-state index contributed by atoms with van der Waals surface area (Å²) in [7, 11) is 0. The molecule has 0 unspecified atom stereocenters. The van der Waals surface area contributed by atoms with E-state index in [0.717, 1.165) is 71.6 Å². The van der Waals surface area contributed by atoms with Crippen LogP contribution in [-0.2, 0) is 0 Å². The monoisotopic (exact) mass is 840 g/mol. The predicted molar refractivity (Wildman–Crippen MR) is 273 cm³/mol. The van der Waals surface area contributed by atoms with Gasteiger partial charge in [-0.1, -0.05) is 164 Å². The molecule has 306 valence electrons. The smallest absolute Gasteiger partial charge is 0.164 e. The van der Waals surface area contributed by atoms with Crippen LogP contribution in [0.5, 0.6) is 0 Å². The average molecular weight is 841 g/mol. The van der Waals surface area contributed by atoms with Crippen molar-refractivity contribution in [1.29, 1.82) is 0 Å². The van der Waals surface area contributed by atoms with Gasteiger partial charge >= 0.3 is 0 Å². The first-order valence-electron chi connectivity index (χ1n) is 22.3. The van der Waals surface area contributed by atoms with Crippen molar-refractivity contribution < 1.29 is 4.42 Å². The van der Waals surface area contributed by atoms with E-state index in [2.05, 4.69) is 217 Å². The summed E-state index contributed by atoms with van der Waals surface area (Å²) >= 11 is 0. The van der Waals surface area contributed by atoms with Crippen molar-refractivity contribution in [3.05, 3.63) is 218 Å². The second kappa shape index (κ2) is 14.3. The van der Waals surface area contributed by atoms with E-state index in [1.165, 1.54) is 48.7 Å². The summed E-state index contributed by atoms with van der Waals surface area (Å²) in [5, 5.41) is 14.1. The van der Waals surface area contributed by atoms with Gasteiger partial charge in [0.15, 0.2) is 17.5 Å². The molecule has 3 heterocycles. The fraction of sp³-hybridized carbons (Fsp3) is 0. The Morgan fingerprint density at radius 3 is 1.67 bits per heavy atom. The lowest BCUT2D eigenvalue weighted by Gasteiger charge is -2.11. The van der Waals surface area contributed by atoms with Crippen LogP contribution in [0.25, 0.3) is 138 Å². The largest absolute Gasteiger partial charge is 0.456 e. The number of aromatic nitrogens is 4. The Bertz CT molecular complexity index is 4280. The maximum absolute atomic E-state index is 6.74. The number of furan rings is 1. The molecule has 11 aromatic carbocycles. The Kier molecular flexibility index (Phi) is 7.91. The number of para-hydroxylation sites is 1. The minimum absolute atomic E-state index is 0.577. The van der Waals surface area contributed by atoms with Crippen LogP contribution in [0.4, 0.5) is 0 Å². The van der Waals surface area contributed by atoms with Gasteiger partial charge in [0.05, 0.1) is 11.0 Å². The molecule has 0 amide bonds. The number of nitrogens with zero attached hydrogens (tertiary/aromatic N) is 4. The van der Waals surface area contributed by atoms with Gasteiger partial charge in [0.25, 0.3) is 0 Å². The average Bonchev–Trinajstić information content (AvgIpc) is 3.93. The third-order valence-corrected chi connectivity index (χ3v) is 13.4. The van der Waals surface area contributed by atoms with Gasteiger partial charge < -0.3 is 8.98 Å². The zero-order valence-corrected chi connectivity index (χ0v) is 35.5. The van der Waals surface area contributed by atoms with Crippen molar-refractivity contribution in [2.75, 3.05) is 0 Å². The second-order valence-electron chi connectivity index (χ2n) is 17.2. The molecule has 3 aromatic heterocycles. The van der Waals surface area contributed by atoms with Gasteiger partial charge in [0.1, 0.15) is 11.2 Å². The lowest BCUT2D eigenvalue weighted by atomic mass is 9.99. The SMILES string of the molecule is c1ccc(-c2ccc(-c3nc(-c4ccc5c(c4)oc4ccc6ccc(-n7c8ccccc8c8cc9ccccc9cc87)cc6c45)nc(-c4ccc5ccc6ccccc6c5c4)n3)cc2)cc1. The highest BCUT2D eigenvalue weighted by atomic mass is 16.3. The maximum Gasteiger partial charge on any atom is 0.164 e. The molecule has 0 atom stereocenters. The summed E-state index contributed by atoms with van der Waals surface area (Å²) < 4.78 is 9.14. The maximum atomic E-state index is 6.74. The summed E-state index contributed by atoms with van der Waals surface area (Å²) in [4.78, 5) is 15.5. The zero-order valence-electron chi connectivity index (χ0n) is 35.5. The van der Waals surface area contributed by atoms with Crippen molar-refractivity contribution in [3.63, 3.8) is 0 Å². The standard InChI is InChI=1S/C61H36N4O/c1-2-10-37(11-3-1)38-18-23-42(24-19-38)59-62-60(45-25-22-40-21-20-39-12-6-7-15-48(39)51(40)33-45)64-61(63-59)46-27-30-50-57(35-46)66-56-31-28-41-26-29-47(36-52(41)58(50)56)65-54-17-9-8-16-49(54)53-32-43-13-4-5-14-44(43)34-55(53)65/h1-36H. The topological polar surface area (TPSA) is 56.7 Å². The Hall–Kier alpha value is -8.93. The molecular formula is C61H36N4O. The molecule has 0 fully saturated rings. The Morgan fingerprint density at radius 2 is 0.848 bits per heavy atom. The minimum atomic E-state index is 0.577. The van der Waals surface area contributed by atoms with Crippen molar-refractivity contribution in [3.8, 4) is 51.0 Å². The lowest BCUT2D eigenvalue weighted by molar-refractivity contribution is 0.669. The molecule has 5 heteroatoms. The molecule has 14 aromatic rings. The fourth-order valence-electron chi connectivity index (χ4n) is 10.1. The molecule has 0 aliphatic heterocycles. The van der Waals surface area contributed by atoms with Crippen LogP contribution >= 0.6 is 0 Å². The normalized spacial score (nSPS) is 11.9. The first kappa shape index (κ1) is 36.5.